The normalized spacial score (nSPS) is 11.5. The van der Waals surface area contributed by atoms with Gasteiger partial charge in [-0.1, -0.05) is 41.9 Å². The molecule has 2 amide bonds. The topological polar surface area (TPSA) is 58.6 Å². The Hall–Kier alpha value is -2.53. The van der Waals surface area contributed by atoms with E-state index >= 15 is 0 Å². The summed E-state index contributed by atoms with van der Waals surface area (Å²) in [5, 5.41) is 3.17. The van der Waals surface area contributed by atoms with Gasteiger partial charge >= 0.3 is 0 Å². The molecule has 1 N–H and O–H groups in total. The first-order valence-corrected chi connectivity index (χ1v) is 8.71. The van der Waals surface area contributed by atoms with E-state index in [1.165, 1.54) is 0 Å². The second-order valence-corrected chi connectivity index (χ2v) is 6.34. The Morgan fingerprint density at radius 2 is 1.81 bits per heavy atom. The lowest BCUT2D eigenvalue weighted by Crippen LogP contribution is -2.47. The molecule has 0 aliphatic rings. The summed E-state index contributed by atoms with van der Waals surface area (Å²) >= 11 is 6.23. The number of nitrogens with one attached hydrogen (secondary N) is 1. The number of amides is 2. The van der Waals surface area contributed by atoms with Crippen LogP contribution in [0.1, 0.15) is 18.1 Å². The Balaban J connectivity index is 2.22. The van der Waals surface area contributed by atoms with Gasteiger partial charge in [0.2, 0.25) is 11.8 Å². The molecule has 6 heteroatoms. The zero-order chi connectivity index (χ0) is 19.1. The van der Waals surface area contributed by atoms with Gasteiger partial charge < -0.3 is 15.0 Å². The highest BCUT2D eigenvalue weighted by molar-refractivity contribution is 6.31. The van der Waals surface area contributed by atoms with Gasteiger partial charge in [-0.3, -0.25) is 9.59 Å². The van der Waals surface area contributed by atoms with Gasteiger partial charge in [-0.15, -0.1) is 0 Å². The fourth-order valence-corrected chi connectivity index (χ4v) is 2.82. The van der Waals surface area contributed by atoms with Crippen molar-refractivity contribution in [2.45, 2.75) is 25.9 Å². The smallest absolute Gasteiger partial charge is 0.242 e. The number of nitrogens with zero attached hydrogens (tertiary/aromatic N) is 1. The maximum Gasteiger partial charge on any atom is 0.242 e. The van der Waals surface area contributed by atoms with Crippen molar-refractivity contribution in [2.24, 2.45) is 0 Å². The van der Waals surface area contributed by atoms with E-state index < -0.39 is 6.04 Å². The molecular formula is C20H23ClN2O3. The molecule has 0 unspecified atom stereocenters. The first kappa shape index (κ1) is 19.8. The van der Waals surface area contributed by atoms with Gasteiger partial charge in [-0.05, 0) is 36.2 Å². The minimum Gasteiger partial charge on any atom is -0.497 e. The average Bonchev–Trinajstić information content (AvgIpc) is 2.66. The van der Waals surface area contributed by atoms with E-state index in [1.54, 1.807) is 32.0 Å². The maximum absolute atomic E-state index is 12.9. The summed E-state index contributed by atoms with van der Waals surface area (Å²) in [4.78, 5) is 26.6. The molecule has 0 saturated carbocycles. The highest BCUT2D eigenvalue weighted by Gasteiger charge is 2.26. The first-order valence-electron chi connectivity index (χ1n) is 8.33. The first-order chi connectivity index (χ1) is 12.5. The number of likely N-dealkylation sites (N-methyl/N-ethyl adjacent to an activating group) is 1. The number of benzene rings is 2. The Morgan fingerprint density at radius 1 is 1.15 bits per heavy atom. The van der Waals surface area contributed by atoms with Crippen LogP contribution in [0.15, 0.2) is 48.5 Å². The molecule has 0 heterocycles. The summed E-state index contributed by atoms with van der Waals surface area (Å²) in [5.41, 5.74) is 1.65. The lowest BCUT2D eigenvalue weighted by Gasteiger charge is -2.28. The summed E-state index contributed by atoms with van der Waals surface area (Å²) in [6, 6.07) is 14.0. The molecule has 0 fully saturated rings. The number of halogens is 1. The summed E-state index contributed by atoms with van der Waals surface area (Å²) in [5.74, 6) is 0.360. The monoisotopic (exact) mass is 374 g/mol. The van der Waals surface area contributed by atoms with E-state index in [-0.39, 0.29) is 24.8 Å². The molecule has 1 atom stereocenters. The zero-order valence-corrected chi connectivity index (χ0v) is 15.9. The van der Waals surface area contributed by atoms with Crippen LogP contribution in [0, 0.1) is 0 Å². The molecule has 138 valence electrons. The fraction of sp³-hybridized carbons (Fsp3) is 0.300. The lowest BCUT2D eigenvalue weighted by atomic mass is 10.1. The van der Waals surface area contributed by atoms with Crippen molar-refractivity contribution in [3.8, 4) is 5.75 Å². The molecule has 2 aromatic carbocycles. The second kappa shape index (κ2) is 9.25. The molecular weight excluding hydrogens is 352 g/mol. The highest BCUT2D eigenvalue weighted by Crippen LogP contribution is 2.20. The molecule has 0 aliphatic carbocycles. The molecule has 0 aliphatic heterocycles. The Labute approximate surface area is 158 Å². The molecule has 0 radical (unpaired) electrons. The molecule has 0 bridgehead atoms. The molecule has 0 aromatic heterocycles. The van der Waals surface area contributed by atoms with Crippen LogP contribution < -0.4 is 10.1 Å². The van der Waals surface area contributed by atoms with Crippen molar-refractivity contribution >= 4 is 23.4 Å². The fourth-order valence-electron chi connectivity index (χ4n) is 2.62. The van der Waals surface area contributed by atoms with Crippen molar-refractivity contribution < 1.29 is 14.3 Å². The largest absolute Gasteiger partial charge is 0.497 e. The third kappa shape index (κ3) is 4.99. The minimum atomic E-state index is -0.609. The zero-order valence-electron chi connectivity index (χ0n) is 15.2. The van der Waals surface area contributed by atoms with Crippen LogP contribution in [0.4, 0.5) is 0 Å². The van der Waals surface area contributed by atoms with Crippen LogP contribution in [0.5, 0.6) is 5.75 Å². The van der Waals surface area contributed by atoms with E-state index in [1.807, 2.05) is 42.5 Å². The van der Waals surface area contributed by atoms with Gasteiger partial charge in [-0.25, -0.2) is 0 Å². The van der Waals surface area contributed by atoms with Crippen molar-refractivity contribution in [3.05, 3.63) is 64.7 Å². The molecule has 2 aromatic rings. The van der Waals surface area contributed by atoms with Crippen molar-refractivity contribution in [1.29, 1.82) is 0 Å². The number of hydrogen-bond donors (Lipinski definition) is 1. The summed E-state index contributed by atoms with van der Waals surface area (Å²) in [6.07, 6.45) is 0.190. The lowest BCUT2D eigenvalue weighted by molar-refractivity contribution is -0.139. The van der Waals surface area contributed by atoms with Gasteiger partial charge in [0.25, 0.3) is 0 Å². The molecule has 0 saturated heterocycles. The molecule has 26 heavy (non-hydrogen) atoms. The van der Waals surface area contributed by atoms with Gasteiger partial charge in [0.1, 0.15) is 11.8 Å². The Kier molecular flexibility index (Phi) is 7.04. The third-order valence-corrected chi connectivity index (χ3v) is 4.60. The minimum absolute atomic E-state index is 0.147. The van der Waals surface area contributed by atoms with Crippen molar-refractivity contribution in [3.63, 3.8) is 0 Å². The van der Waals surface area contributed by atoms with E-state index in [0.29, 0.717) is 5.02 Å². The number of methoxy groups -OCH3 is 1. The SMILES string of the molecule is CNC(=O)[C@@H](C)N(Cc1ccccc1Cl)C(=O)Cc1ccc(OC)cc1. The van der Waals surface area contributed by atoms with Crippen LogP contribution in [0.2, 0.25) is 5.02 Å². The van der Waals surface area contributed by atoms with E-state index in [4.69, 9.17) is 16.3 Å². The molecule has 5 nitrogen and oxygen atoms in total. The van der Waals surface area contributed by atoms with Crippen LogP contribution >= 0.6 is 11.6 Å². The standard InChI is InChI=1S/C20H23ClN2O3/c1-14(20(25)22-2)23(13-16-6-4-5-7-18(16)21)19(24)12-15-8-10-17(26-3)11-9-15/h4-11,14H,12-13H2,1-3H3,(H,22,25)/t14-/m1/s1. The van der Waals surface area contributed by atoms with Crippen LogP contribution in [-0.2, 0) is 22.6 Å². The number of hydrogen-bond acceptors (Lipinski definition) is 3. The summed E-state index contributed by atoms with van der Waals surface area (Å²) < 4.78 is 5.14. The summed E-state index contributed by atoms with van der Waals surface area (Å²) in [7, 11) is 3.15. The van der Waals surface area contributed by atoms with Gasteiger partial charge in [-0.2, -0.15) is 0 Å². The quantitative estimate of drug-likeness (QED) is 0.810. The van der Waals surface area contributed by atoms with E-state index in [2.05, 4.69) is 5.32 Å². The van der Waals surface area contributed by atoms with Gasteiger partial charge in [0.15, 0.2) is 0 Å². The Bertz CT molecular complexity index is 762. The van der Waals surface area contributed by atoms with Crippen molar-refractivity contribution in [1.82, 2.24) is 10.2 Å². The van der Waals surface area contributed by atoms with E-state index in [9.17, 15) is 9.59 Å². The number of ether oxygens (including phenoxy) is 1. The maximum atomic E-state index is 12.9. The highest BCUT2D eigenvalue weighted by atomic mass is 35.5. The predicted molar refractivity (Wildman–Crippen MR) is 102 cm³/mol. The molecule has 0 spiro atoms. The number of carbonyl (C=O) groups is 2. The Morgan fingerprint density at radius 3 is 2.38 bits per heavy atom. The van der Waals surface area contributed by atoms with Crippen LogP contribution in [0.3, 0.4) is 0 Å². The number of rotatable bonds is 7. The molecule has 2 rings (SSSR count). The third-order valence-electron chi connectivity index (χ3n) is 4.23. The average molecular weight is 375 g/mol. The van der Waals surface area contributed by atoms with Gasteiger partial charge in [0, 0.05) is 18.6 Å². The number of carbonyl (C=O) groups excluding carboxylic acids is 2. The second-order valence-electron chi connectivity index (χ2n) is 5.93. The van der Waals surface area contributed by atoms with Crippen LogP contribution in [-0.4, -0.2) is 36.9 Å². The van der Waals surface area contributed by atoms with Crippen LogP contribution in [0.25, 0.3) is 0 Å². The van der Waals surface area contributed by atoms with E-state index in [0.717, 1.165) is 16.9 Å². The van der Waals surface area contributed by atoms with Gasteiger partial charge in [0.05, 0.1) is 13.5 Å². The van der Waals surface area contributed by atoms with Crippen molar-refractivity contribution in [2.75, 3.05) is 14.2 Å². The predicted octanol–water partition coefficient (Wildman–Crippen LogP) is 3.05. The summed E-state index contributed by atoms with van der Waals surface area (Å²) in [6.45, 7) is 1.98.